The molecular weight excluding hydrogens is 222 g/mol. The molecule has 1 rings (SSSR count). The molecule has 0 aliphatic rings. The van der Waals surface area contributed by atoms with Crippen LogP contribution in [0, 0.1) is 11.8 Å². The fourth-order valence-corrected chi connectivity index (χ4v) is 1.47. The third-order valence-corrected chi connectivity index (χ3v) is 2.50. The number of rotatable bonds is 4. The highest BCUT2D eigenvalue weighted by Gasteiger charge is 2.11. The summed E-state index contributed by atoms with van der Waals surface area (Å²) in [6, 6.07) is 9.31. The van der Waals surface area contributed by atoms with E-state index in [0.29, 0.717) is 18.7 Å². The zero-order chi connectivity index (χ0) is 13.2. The van der Waals surface area contributed by atoms with Gasteiger partial charge in [-0.1, -0.05) is 43.0 Å². The average Bonchev–Trinajstić information content (AvgIpc) is 2.43. The van der Waals surface area contributed by atoms with E-state index < -0.39 is 0 Å². The van der Waals surface area contributed by atoms with E-state index in [-0.39, 0.29) is 5.91 Å². The van der Waals surface area contributed by atoms with Crippen molar-refractivity contribution in [3.8, 4) is 11.8 Å². The zero-order valence-electron chi connectivity index (χ0n) is 11.0. The van der Waals surface area contributed by atoms with Crippen LogP contribution < -0.4 is 0 Å². The number of amides is 1. The zero-order valence-corrected chi connectivity index (χ0v) is 11.0. The van der Waals surface area contributed by atoms with Crippen LogP contribution in [0.4, 0.5) is 0 Å². The molecule has 0 fully saturated rings. The van der Waals surface area contributed by atoms with Crippen LogP contribution in [0.3, 0.4) is 0 Å². The maximum atomic E-state index is 12.1. The monoisotopic (exact) mass is 241 g/mol. The quantitative estimate of drug-likeness (QED) is 0.742. The van der Waals surface area contributed by atoms with Crippen LogP contribution in [0.2, 0.25) is 0 Å². The fourth-order valence-electron chi connectivity index (χ4n) is 1.47. The Hall–Kier alpha value is -2.01. The lowest BCUT2D eigenvalue weighted by atomic mass is 10.2. The van der Waals surface area contributed by atoms with Crippen LogP contribution in [-0.4, -0.2) is 23.9 Å². The molecule has 0 aliphatic carbocycles. The second-order valence-corrected chi connectivity index (χ2v) is 3.82. The predicted octanol–water partition coefficient (Wildman–Crippen LogP) is 3.12. The second-order valence-electron chi connectivity index (χ2n) is 3.82. The first-order chi connectivity index (χ1) is 8.79. The molecule has 0 aliphatic heterocycles. The van der Waals surface area contributed by atoms with Gasteiger partial charge in [-0.15, -0.1) is 0 Å². The maximum absolute atomic E-state index is 12.1. The molecule has 0 spiro atoms. The molecular formula is C16H19NO. The Morgan fingerprint density at radius 2 is 2.00 bits per heavy atom. The Labute approximate surface area is 109 Å². The Bertz CT molecular complexity index is 451. The molecule has 0 unspecified atom stereocenters. The summed E-state index contributed by atoms with van der Waals surface area (Å²) in [5, 5.41) is 0. The summed E-state index contributed by atoms with van der Waals surface area (Å²) < 4.78 is 0. The topological polar surface area (TPSA) is 20.3 Å². The largest absolute Gasteiger partial charge is 0.328 e. The van der Waals surface area contributed by atoms with Crippen LogP contribution >= 0.6 is 0 Å². The van der Waals surface area contributed by atoms with Gasteiger partial charge < -0.3 is 4.90 Å². The van der Waals surface area contributed by atoms with Crippen molar-refractivity contribution in [2.24, 2.45) is 0 Å². The molecule has 0 radical (unpaired) electrons. The number of carbonyl (C=O) groups is 1. The summed E-state index contributed by atoms with van der Waals surface area (Å²) in [6.45, 7) is 5.16. The van der Waals surface area contributed by atoms with Gasteiger partial charge in [0.15, 0.2) is 0 Å². The number of hydrogen-bond donors (Lipinski definition) is 0. The Morgan fingerprint density at radius 1 is 1.28 bits per heavy atom. The van der Waals surface area contributed by atoms with Gasteiger partial charge in [0.1, 0.15) is 0 Å². The molecule has 0 bridgehead atoms. The fraction of sp³-hybridized carbons (Fsp3) is 0.312. The number of carbonyl (C=O) groups excluding carboxylic acids is 1. The maximum Gasteiger partial charge on any atom is 0.254 e. The van der Waals surface area contributed by atoms with E-state index in [1.807, 2.05) is 49.4 Å². The van der Waals surface area contributed by atoms with Gasteiger partial charge >= 0.3 is 0 Å². The minimum absolute atomic E-state index is 0.0341. The van der Waals surface area contributed by atoms with Crippen LogP contribution in [-0.2, 0) is 0 Å². The van der Waals surface area contributed by atoms with Gasteiger partial charge in [-0.2, -0.15) is 0 Å². The van der Waals surface area contributed by atoms with Crippen LogP contribution in [0.15, 0.2) is 42.5 Å². The SMILES string of the molecule is CC/C=C\C#CCN(CC)C(=O)c1ccccc1. The molecule has 1 amide bonds. The molecule has 0 saturated heterocycles. The predicted molar refractivity (Wildman–Crippen MR) is 75.2 cm³/mol. The van der Waals surface area contributed by atoms with Crippen molar-refractivity contribution in [1.29, 1.82) is 0 Å². The molecule has 18 heavy (non-hydrogen) atoms. The van der Waals surface area contributed by atoms with Gasteiger partial charge in [-0.05, 0) is 31.6 Å². The van der Waals surface area contributed by atoms with Crippen molar-refractivity contribution in [2.75, 3.05) is 13.1 Å². The summed E-state index contributed by atoms with van der Waals surface area (Å²) in [6.07, 6.45) is 4.82. The second kappa shape index (κ2) is 8.14. The summed E-state index contributed by atoms with van der Waals surface area (Å²) in [5.41, 5.74) is 0.713. The Kier molecular flexibility index (Phi) is 6.35. The van der Waals surface area contributed by atoms with Crippen molar-refractivity contribution in [2.45, 2.75) is 20.3 Å². The van der Waals surface area contributed by atoms with E-state index in [1.165, 1.54) is 0 Å². The molecule has 2 nitrogen and oxygen atoms in total. The molecule has 0 aromatic heterocycles. The number of hydrogen-bond acceptors (Lipinski definition) is 1. The van der Waals surface area contributed by atoms with Crippen LogP contribution in [0.5, 0.6) is 0 Å². The third-order valence-electron chi connectivity index (χ3n) is 2.50. The highest BCUT2D eigenvalue weighted by Crippen LogP contribution is 2.03. The molecule has 1 aromatic carbocycles. The molecule has 0 heterocycles. The van der Waals surface area contributed by atoms with E-state index in [0.717, 1.165) is 6.42 Å². The van der Waals surface area contributed by atoms with E-state index in [1.54, 1.807) is 4.90 Å². The van der Waals surface area contributed by atoms with E-state index in [9.17, 15) is 4.79 Å². The Balaban J connectivity index is 2.63. The molecule has 2 heteroatoms. The summed E-state index contributed by atoms with van der Waals surface area (Å²) in [7, 11) is 0. The lowest BCUT2D eigenvalue weighted by Crippen LogP contribution is -2.31. The highest BCUT2D eigenvalue weighted by atomic mass is 16.2. The van der Waals surface area contributed by atoms with E-state index in [4.69, 9.17) is 0 Å². The summed E-state index contributed by atoms with van der Waals surface area (Å²) >= 11 is 0. The number of nitrogens with zero attached hydrogens (tertiary/aromatic N) is 1. The molecule has 94 valence electrons. The third kappa shape index (κ3) is 4.47. The van der Waals surface area contributed by atoms with Crippen LogP contribution in [0.1, 0.15) is 30.6 Å². The van der Waals surface area contributed by atoms with Gasteiger partial charge in [-0.25, -0.2) is 0 Å². The van der Waals surface area contributed by atoms with Gasteiger partial charge in [0.2, 0.25) is 0 Å². The first-order valence-electron chi connectivity index (χ1n) is 6.27. The smallest absolute Gasteiger partial charge is 0.254 e. The van der Waals surface area contributed by atoms with Crippen molar-refractivity contribution >= 4 is 5.91 Å². The van der Waals surface area contributed by atoms with Gasteiger partial charge in [0, 0.05) is 12.1 Å². The summed E-state index contributed by atoms with van der Waals surface area (Å²) in [4.78, 5) is 13.9. The van der Waals surface area contributed by atoms with Gasteiger partial charge in [0.25, 0.3) is 5.91 Å². The van der Waals surface area contributed by atoms with Gasteiger partial charge in [-0.3, -0.25) is 4.79 Å². The van der Waals surface area contributed by atoms with Crippen molar-refractivity contribution in [1.82, 2.24) is 4.90 Å². The lowest BCUT2D eigenvalue weighted by molar-refractivity contribution is 0.0785. The molecule has 0 saturated carbocycles. The van der Waals surface area contributed by atoms with Gasteiger partial charge in [0.05, 0.1) is 6.54 Å². The highest BCUT2D eigenvalue weighted by molar-refractivity contribution is 5.94. The first-order valence-corrected chi connectivity index (χ1v) is 6.27. The normalized spacial score (nSPS) is 9.89. The lowest BCUT2D eigenvalue weighted by Gasteiger charge is -2.17. The average molecular weight is 241 g/mol. The molecule has 0 N–H and O–H groups in total. The molecule has 0 atom stereocenters. The minimum atomic E-state index is 0.0341. The van der Waals surface area contributed by atoms with Crippen molar-refractivity contribution in [3.05, 3.63) is 48.0 Å². The number of allylic oxidation sites excluding steroid dienone is 2. The van der Waals surface area contributed by atoms with Crippen LogP contribution in [0.25, 0.3) is 0 Å². The van der Waals surface area contributed by atoms with Crippen molar-refractivity contribution in [3.63, 3.8) is 0 Å². The molecule has 1 aromatic rings. The standard InChI is InChI=1S/C16H19NO/c1-3-5-6-7-11-14-17(4-2)16(18)15-12-9-8-10-13-15/h5-6,8-10,12-13H,3-4,14H2,1-2H3/b6-5-. The summed E-state index contributed by atoms with van der Waals surface area (Å²) in [5.74, 6) is 5.96. The number of benzene rings is 1. The van der Waals surface area contributed by atoms with E-state index >= 15 is 0 Å². The van der Waals surface area contributed by atoms with Crippen molar-refractivity contribution < 1.29 is 4.79 Å². The first kappa shape index (κ1) is 14.1. The minimum Gasteiger partial charge on any atom is -0.328 e. The Morgan fingerprint density at radius 3 is 2.61 bits per heavy atom. The van der Waals surface area contributed by atoms with E-state index in [2.05, 4.69) is 18.8 Å².